The number of aliphatic carboxylic acids is 1. The highest BCUT2D eigenvalue weighted by molar-refractivity contribution is 6.30. The lowest BCUT2D eigenvalue weighted by molar-refractivity contribution is -0.136. The molecule has 0 bridgehead atoms. The smallest absolute Gasteiger partial charge is 0.309 e. The monoisotopic (exact) mass is 265 g/mol. The third-order valence-corrected chi connectivity index (χ3v) is 2.94. The van der Waals surface area contributed by atoms with Crippen LogP contribution >= 0.6 is 11.6 Å². The SMILES string of the molecule is Cc1ccc(Cl)cc1-n1nnc(CC(=O)O)c1C. The van der Waals surface area contributed by atoms with E-state index in [0.29, 0.717) is 16.4 Å². The molecule has 1 heterocycles. The fourth-order valence-electron chi connectivity index (χ4n) is 1.71. The van der Waals surface area contributed by atoms with E-state index >= 15 is 0 Å². The van der Waals surface area contributed by atoms with Crippen LogP contribution in [0.1, 0.15) is 17.0 Å². The second-order valence-corrected chi connectivity index (χ2v) is 4.47. The van der Waals surface area contributed by atoms with Gasteiger partial charge in [0.25, 0.3) is 0 Å². The van der Waals surface area contributed by atoms with Gasteiger partial charge in [-0.3, -0.25) is 4.79 Å². The number of carbonyl (C=O) groups is 1. The number of halogens is 1. The van der Waals surface area contributed by atoms with Gasteiger partial charge in [0.1, 0.15) is 0 Å². The van der Waals surface area contributed by atoms with Crippen LogP contribution in [-0.4, -0.2) is 26.1 Å². The standard InChI is InChI=1S/C12H12ClN3O2/c1-7-3-4-9(13)5-11(7)16-8(2)10(14-15-16)6-12(17)18/h3-5H,6H2,1-2H3,(H,17,18). The van der Waals surface area contributed by atoms with Gasteiger partial charge >= 0.3 is 5.97 Å². The van der Waals surface area contributed by atoms with Crippen molar-refractivity contribution in [2.24, 2.45) is 0 Å². The summed E-state index contributed by atoms with van der Waals surface area (Å²) in [6.45, 7) is 3.72. The maximum Gasteiger partial charge on any atom is 0.309 e. The van der Waals surface area contributed by atoms with Gasteiger partial charge in [-0.15, -0.1) is 5.10 Å². The number of rotatable bonds is 3. The van der Waals surface area contributed by atoms with E-state index in [1.807, 2.05) is 13.0 Å². The molecule has 18 heavy (non-hydrogen) atoms. The Hall–Kier alpha value is -1.88. The Labute approximate surface area is 109 Å². The van der Waals surface area contributed by atoms with Crippen LogP contribution in [0.2, 0.25) is 5.02 Å². The predicted octanol–water partition coefficient (Wildman–Crippen LogP) is 2.16. The molecule has 5 nitrogen and oxygen atoms in total. The number of hydrogen-bond donors (Lipinski definition) is 1. The summed E-state index contributed by atoms with van der Waals surface area (Å²) in [5.41, 5.74) is 2.98. The lowest BCUT2D eigenvalue weighted by Gasteiger charge is -2.07. The van der Waals surface area contributed by atoms with E-state index in [4.69, 9.17) is 16.7 Å². The number of carboxylic acids is 1. The summed E-state index contributed by atoms with van der Waals surface area (Å²) in [4.78, 5) is 10.7. The zero-order valence-corrected chi connectivity index (χ0v) is 10.8. The van der Waals surface area contributed by atoms with E-state index in [1.54, 1.807) is 23.7 Å². The van der Waals surface area contributed by atoms with Crippen molar-refractivity contribution < 1.29 is 9.90 Å². The second kappa shape index (κ2) is 4.78. The highest BCUT2D eigenvalue weighted by Gasteiger charge is 2.14. The van der Waals surface area contributed by atoms with Crippen LogP contribution in [0.5, 0.6) is 0 Å². The van der Waals surface area contributed by atoms with Crippen molar-refractivity contribution in [1.82, 2.24) is 15.0 Å². The minimum atomic E-state index is -0.923. The average molecular weight is 266 g/mol. The molecule has 0 atom stereocenters. The fraction of sp³-hybridized carbons (Fsp3) is 0.250. The summed E-state index contributed by atoms with van der Waals surface area (Å²) < 4.78 is 1.61. The zero-order valence-electron chi connectivity index (χ0n) is 10.0. The summed E-state index contributed by atoms with van der Waals surface area (Å²) in [6.07, 6.45) is -0.133. The van der Waals surface area contributed by atoms with Gasteiger partial charge in [-0.05, 0) is 31.5 Å². The number of carboxylic acid groups (broad SMARTS) is 1. The van der Waals surface area contributed by atoms with Crippen molar-refractivity contribution in [3.05, 3.63) is 40.2 Å². The molecule has 1 aromatic carbocycles. The van der Waals surface area contributed by atoms with Crippen molar-refractivity contribution in [3.63, 3.8) is 0 Å². The summed E-state index contributed by atoms with van der Waals surface area (Å²) in [5.74, 6) is -0.923. The Kier molecular flexibility index (Phi) is 3.34. The van der Waals surface area contributed by atoms with Gasteiger partial charge in [-0.25, -0.2) is 4.68 Å². The molecule has 0 spiro atoms. The molecule has 1 N–H and O–H groups in total. The third-order valence-electron chi connectivity index (χ3n) is 2.71. The molecule has 1 aromatic heterocycles. The molecule has 0 aliphatic carbocycles. The van der Waals surface area contributed by atoms with Crippen LogP contribution in [0.4, 0.5) is 0 Å². The Morgan fingerprint density at radius 2 is 2.17 bits per heavy atom. The van der Waals surface area contributed by atoms with Gasteiger partial charge < -0.3 is 5.11 Å². The Morgan fingerprint density at radius 1 is 1.44 bits per heavy atom. The van der Waals surface area contributed by atoms with Gasteiger partial charge in [0.15, 0.2) is 0 Å². The third kappa shape index (κ3) is 2.36. The van der Waals surface area contributed by atoms with Gasteiger partial charge in [-0.2, -0.15) is 0 Å². The van der Waals surface area contributed by atoms with Crippen molar-refractivity contribution in [3.8, 4) is 5.69 Å². The molecule has 0 saturated heterocycles. The van der Waals surface area contributed by atoms with Crippen molar-refractivity contribution in [2.75, 3.05) is 0 Å². The summed E-state index contributed by atoms with van der Waals surface area (Å²) in [5, 5.41) is 17.3. The maximum atomic E-state index is 10.7. The maximum absolute atomic E-state index is 10.7. The summed E-state index contributed by atoms with van der Waals surface area (Å²) in [7, 11) is 0. The first kappa shape index (κ1) is 12.6. The molecule has 0 saturated carbocycles. The molecule has 94 valence electrons. The minimum absolute atomic E-state index is 0.133. The highest BCUT2D eigenvalue weighted by Crippen LogP contribution is 2.20. The average Bonchev–Trinajstić information content (AvgIpc) is 2.64. The van der Waals surface area contributed by atoms with Crippen molar-refractivity contribution in [1.29, 1.82) is 0 Å². The first-order valence-electron chi connectivity index (χ1n) is 5.38. The number of nitrogens with zero attached hydrogens (tertiary/aromatic N) is 3. The van der Waals surface area contributed by atoms with Crippen LogP contribution in [-0.2, 0) is 11.2 Å². The summed E-state index contributed by atoms with van der Waals surface area (Å²) in [6, 6.07) is 5.46. The second-order valence-electron chi connectivity index (χ2n) is 4.03. The molecular formula is C12H12ClN3O2. The quantitative estimate of drug-likeness (QED) is 0.923. The van der Waals surface area contributed by atoms with Crippen molar-refractivity contribution in [2.45, 2.75) is 20.3 Å². The number of aryl methyl sites for hydroxylation is 1. The molecule has 0 unspecified atom stereocenters. The molecule has 0 fully saturated rings. The number of benzene rings is 1. The Bertz CT molecular complexity index is 607. The molecule has 0 aliphatic heterocycles. The molecule has 0 amide bonds. The van der Waals surface area contributed by atoms with E-state index in [1.165, 1.54) is 0 Å². The number of hydrogen-bond acceptors (Lipinski definition) is 3. The predicted molar refractivity (Wildman–Crippen MR) is 67.2 cm³/mol. The van der Waals surface area contributed by atoms with Crippen LogP contribution in [0.3, 0.4) is 0 Å². The van der Waals surface area contributed by atoms with Crippen LogP contribution in [0.25, 0.3) is 5.69 Å². The molecule has 2 aromatic rings. The molecule has 6 heteroatoms. The van der Waals surface area contributed by atoms with Gasteiger partial charge in [0.05, 0.1) is 23.5 Å². The number of aromatic nitrogens is 3. The van der Waals surface area contributed by atoms with E-state index in [9.17, 15) is 4.79 Å². The lowest BCUT2D eigenvalue weighted by atomic mass is 10.2. The molecule has 2 rings (SSSR count). The van der Waals surface area contributed by atoms with Crippen LogP contribution in [0, 0.1) is 13.8 Å². The topological polar surface area (TPSA) is 68.0 Å². The van der Waals surface area contributed by atoms with E-state index in [0.717, 1.165) is 11.3 Å². The minimum Gasteiger partial charge on any atom is -0.481 e. The van der Waals surface area contributed by atoms with Gasteiger partial charge in [0, 0.05) is 5.02 Å². The van der Waals surface area contributed by atoms with Gasteiger partial charge in [-0.1, -0.05) is 22.9 Å². The van der Waals surface area contributed by atoms with E-state index < -0.39 is 5.97 Å². The zero-order chi connectivity index (χ0) is 13.3. The van der Waals surface area contributed by atoms with Gasteiger partial charge in [0.2, 0.25) is 0 Å². The Balaban J connectivity index is 2.48. The first-order chi connectivity index (χ1) is 8.49. The summed E-state index contributed by atoms with van der Waals surface area (Å²) >= 11 is 5.95. The molecule has 0 radical (unpaired) electrons. The highest BCUT2D eigenvalue weighted by atomic mass is 35.5. The molecular weight excluding hydrogens is 254 g/mol. The Morgan fingerprint density at radius 3 is 2.83 bits per heavy atom. The lowest BCUT2D eigenvalue weighted by Crippen LogP contribution is -2.04. The molecule has 0 aliphatic rings. The largest absolute Gasteiger partial charge is 0.481 e. The van der Waals surface area contributed by atoms with E-state index in [-0.39, 0.29) is 6.42 Å². The van der Waals surface area contributed by atoms with Crippen LogP contribution < -0.4 is 0 Å². The first-order valence-corrected chi connectivity index (χ1v) is 5.76. The van der Waals surface area contributed by atoms with Crippen molar-refractivity contribution >= 4 is 17.6 Å². The van der Waals surface area contributed by atoms with Crippen LogP contribution in [0.15, 0.2) is 18.2 Å². The fourth-order valence-corrected chi connectivity index (χ4v) is 1.87. The normalized spacial score (nSPS) is 10.6. The van der Waals surface area contributed by atoms with E-state index in [2.05, 4.69) is 10.3 Å².